The largest absolute Gasteiger partial charge is 0.380 e. The van der Waals surface area contributed by atoms with Crippen molar-refractivity contribution < 1.29 is 0 Å². The van der Waals surface area contributed by atoms with Crippen molar-refractivity contribution in [3.05, 3.63) is 20.4 Å². The van der Waals surface area contributed by atoms with Gasteiger partial charge in [0.15, 0.2) is 0 Å². The van der Waals surface area contributed by atoms with Crippen molar-refractivity contribution in [2.45, 2.75) is 81.7 Å². The van der Waals surface area contributed by atoms with Crippen LogP contribution < -0.4 is 32.1 Å². The van der Waals surface area contributed by atoms with Crippen LogP contribution in [0.15, 0.2) is 9.59 Å². The number of anilines is 2. The quantitative estimate of drug-likeness (QED) is 0.255. The summed E-state index contributed by atoms with van der Waals surface area (Å²) in [7, 11) is 0. The summed E-state index contributed by atoms with van der Waals surface area (Å²) in [5, 5.41) is 13.8. The van der Waals surface area contributed by atoms with Crippen LogP contribution in [0.3, 0.4) is 0 Å². The fourth-order valence-electron chi connectivity index (χ4n) is 4.26. The van der Waals surface area contributed by atoms with Gasteiger partial charge in [-0.25, -0.2) is 0 Å². The minimum absolute atomic E-state index is 0.240. The number of nitrogens with one attached hydrogen (secondary N) is 4. The molecule has 4 N–H and O–H groups in total. The molecule has 0 radical (unpaired) electrons. The Morgan fingerprint density at radius 1 is 0.857 bits per heavy atom. The van der Waals surface area contributed by atoms with E-state index in [-0.39, 0.29) is 16.9 Å². The average molecular weight is 411 g/mol. The molecule has 0 bridgehead atoms. The van der Waals surface area contributed by atoms with Crippen LogP contribution in [0, 0.1) is 0 Å². The third-order valence-electron chi connectivity index (χ3n) is 6.05. The third kappa shape index (κ3) is 6.19. The molecule has 1 unspecified atom stereocenters. The van der Waals surface area contributed by atoms with Gasteiger partial charge in [0.2, 0.25) is 0 Å². The van der Waals surface area contributed by atoms with Crippen molar-refractivity contribution >= 4 is 23.0 Å². The summed E-state index contributed by atoms with van der Waals surface area (Å²) in [5.41, 5.74) is 0.242. The molecule has 158 valence electrons. The second kappa shape index (κ2) is 11.2. The van der Waals surface area contributed by atoms with E-state index < -0.39 is 0 Å². The molecule has 1 aliphatic heterocycles. The number of alkyl halides is 1. The first-order valence-corrected chi connectivity index (χ1v) is 11.5. The molecule has 1 heterocycles. The van der Waals surface area contributed by atoms with Crippen LogP contribution in [0.4, 0.5) is 11.4 Å². The van der Waals surface area contributed by atoms with E-state index in [0.717, 1.165) is 64.7 Å². The van der Waals surface area contributed by atoms with Gasteiger partial charge in [0.25, 0.3) is 10.9 Å². The number of rotatable bonds is 11. The summed E-state index contributed by atoms with van der Waals surface area (Å²) in [5.74, 6) is 0. The van der Waals surface area contributed by atoms with Gasteiger partial charge in [-0.2, -0.15) is 0 Å². The zero-order valence-corrected chi connectivity index (χ0v) is 17.6. The molecule has 6 nitrogen and oxygen atoms in total. The fraction of sp³-hybridized carbons (Fsp3) is 0.810. The smallest absolute Gasteiger partial charge is 0.253 e. The van der Waals surface area contributed by atoms with Gasteiger partial charge in [-0.05, 0) is 64.5 Å². The summed E-state index contributed by atoms with van der Waals surface area (Å²) in [6.45, 7) is 3.70. The van der Waals surface area contributed by atoms with E-state index in [9.17, 15) is 9.59 Å². The normalized spacial score (nSPS) is 25.7. The molecule has 3 rings (SSSR count). The van der Waals surface area contributed by atoms with Gasteiger partial charge >= 0.3 is 0 Å². The molecule has 0 amide bonds. The molecule has 0 aromatic heterocycles. The first-order chi connectivity index (χ1) is 13.6. The predicted molar refractivity (Wildman–Crippen MR) is 118 cm³/mol. The van der Waals surface area contributed by atoms with Crippen LogP contribution in [-0.2, 0) is 0 Å². The van der Waals surface area contributed by atoms with Crippen molar-refractivity contribution in [2.75, 3.05) is 36.8 Å². The second-order valence-electron chi connectivity index (χ2n) is 8.34. The van der Waals surface area contributed by atoms with E-state index in [1.807, 2.05) is 0 Å². The minimum atomic E-state index is -0.373. The topological polar surface area (TPSA) is 82.3 Å². The van der Waals surface area contributed by atoms with Gasteiger partial charge < -0.3 is 21.3 Å². The first kappa shape index (κ1) is 21.6. The maximum atomic E-state index is 11.9. The molecule has 7 heteroatoms. The second-order valence-corrected chi connectivity index (χ2v) is 8.96. The van der Waals surface area contributed by atoms with E-state index >= 15 is 0 Å². The Hall–Kier alpha value is -1.11. The molecule has 1 saturated carbocycles. The van der Waals surface area contributed by atoms with Crippen molar-refractivity contribution in [2.24, 2.45) is 0 Å². The maximum Gasteiger partial charge on any atom is 0.253 e. The van der Waals surface area contributed by atoms with Crippen LogP contribution in [0.2, 0.25) is 0 Å². The SMILES string of the molecule is O=c1c(NCCCCCCNC2CCC(Cl)CC2)c(NC2CCCNC2)c1=O. The first-order valence-electron chi connectivity index (χ1n) is 11.1. The van der Waals surface area contributed by atoms with Crippen LogP contribution in [-0.4, -0.2) is 43.6 Å². The molecule has 1 aliphatic carbocycles. The third-order valence-corrected chi connectivity index (χ3v) is 6.49. The minimum Gasteiger partial charge on any atom is -0.380 e. The van der Waals surface area contributed by atoms with Crippen LogP contribution >= 0.6 is 11.6 Å². The van der Waals surface area contributed by atoms with Gasteiger partial charge in [0.1, 0.15) is 11.4 Å². The standard InChI is InChI=1S/C21H35ClN4O2/c22-15-7-9-16(10-8-15)24-12-3-1-2-4-13-25-18-19(21(28)20(18)27)26-17-6-5-11-23-14-17/h15-17,23-26H,1-14H2. The number of unbranched alkanes of at least 4 members (excludes halogenated alkanes) is 3. The van der Waals surface area contributed by atoms with Gasteiger partial charge in [0, 0.05) is 30.6 Å². The Bertz CT molecular complexity index is 660. The number of hydrogen-bond acceptors (Lipinski definition) is 6. The lowest BCUT2D eigenvalue weighted by Crippen LogP contribution is -2.44. The van der Waals surface area contributed by atoms with E-state index in [2.05, 4.69) is 21.3 Å². The van der Waals surface area contributed by atoms with Crippen LogP contribution in [0.1, 0.15) is 64.2 Å². The lowest BCUT2D eigenvalue weighted by Gasteiger charge is -2.26. The number of hydrogen-bond donors (Lipinski definition) is 4. The van der Waals surface area contributed by atoms with Crippen molar-refractivity contribution in [3.63, 3.8) is 0 Å². The van der Waals surface area contributed by atoms with Crippen molar-refractivity contribution in [3.8, 4) is 0 Å². The summed E-state index contributed by atoms with van der Waals surface area (Å²) < 4.78 is 0. The van der Waals surface area contributed by atoms with Gasteiger partial charge in [-0.1, -0.05) is 12.8 Å². The molecule has 1 atom stereocenters. The lowest BCUT2D eigenvalue weighted by atomic mass is 9.95. The highest BCUT2D eigenvalue weighted by Crippen LogP contribution is 2.22. The Balaban J connectivity index is 1.25. The number of piperidine rings is 1. The van der Waals surface area contributed by atoms with E-state index in [4.69, 9.17) is 11.6 Å². The Morgan fingerprint density at radius 2 is 1.57 bits per heavy atom. The molecule has 1 aromatic rings. The Morgan fingerprint density at radius 3 is 2.29 bits per heavy atom. The molecule has 2 fully saturated rings. The van der Waals surface area contributed by atoms with Crippen LogP contribution in [0.5, 0.6) is 0 Å². The van der Waals surface area contributed by atoms with Crippen molar-refractivity contribution in [1.82, 2.24) is 10.6 Å². The predicted octanol–water partition coefficient (Wildman–Crippen LogP) is 2.56. The maximum absolute atomic E-state index is 11.9. The monoisotopic (exact) mass is 410 g/mol. The lowest BCUT2D eigenvalue weighted by molar-refractivity contribution is 0.373. The summed E-state index contributed by atoms with van der Waals surface area (Å²) in [6, 6.07) is 0.889. The molecular weight excluding hydrogens is 376 g/mol. The zero-order chi connectivity index (χ0) is 19.8. The molecule has 1 saturated heterocycles. The van der Waals surface area contributed by atoms with E-state index in [1.165, 1.54) is 25.7 Å². The molecule has 1 aromatic carbocycles. The Labute approximate surface area is 172 Å². The van der Waals surface area contributed by atoms with Gasteiger partial charge in [-0.15, -0.1) is 11.6 Å². The summed E-state index contributed by atoms with van der Waals surface area (Å²) >= 11 is 6.14. The molecular formula is C21H35ClN4O2. The number of halogens is 1. The zero-order valence-electron chi connectivity index (χ0n) is 16.8. The molecule has 28 heavy (non-hydrogen) atoms. The van der Waals surface area contributed by atoms with Gasteiger partial charge in [0.05, 0.1) is 0 Å². The highest BCUT2D eigenvalue weighted by atomic mass is 35.5. The van der Waals surface area contributed by atoms with E-state index in [0.29, 0.717) is 22.8 Å². The van der Waals surface area contributed by atoms with Gasteiger partial charge in [-0.3, -0.25) is 9.59 Å². The highest BCUT2D eigenvalue weighted by molar-refractivity contribution is 6.20. The summed E-state index contributed by atoms with van der Waals surface area (Å²) in [6.07, 6.45) is 11.3. The average Bonchev–Trinajstić information content (AvgIpc) is 2.73. The molecule has 0 spiro atoms. The fourth-order valence-corrected chi connectivity index (χ4v) is 4.51. The Kier molecular flexibility index (Phi) is 8.62. The summed E-state index contributed by atoms with van der Waals surface area (Å²) in [4.78, 5) is 23.7. The van der Waals surface area contributed by atoms with Crippen molar-refractivity contribution in [1.29, 1.82) is 0 Å². The highest BCUT2D eigenvalue weighted by Gasteiger charge is 2.23. The van der Waals surface area contributed by atoms with Crippen LogP contribution in [0.25, 0.3) is 0 Å². The molecule has 2 aliphatic rings. The van der Waals surface area contributed by atoms with E-state index in [1.54, 1.807) is 0 Å².